The first-order chi connectivity index (χ1) is 19.4. The highest BCUT2D eigenvalue weighted by molar-refractivity contribution is 7.54. The van der Waals surface area contributed by atoms with Crippen LogP contribution >= 0.6 is 7.67 Å². The van der Waals surface area contributed by atoms with E-state index in [1.807, 2.05) is 0 Å². The molecule has 0 amide bonds. The molecule has 0 radical (unpaired) electrons. The molecule has 0 spiro atoms. The van der Waals surface area contributed by atoms with E-state index in [0.717, 1.165) is 0 Å². The lowest BCUT2D eigenvalue weighted by atomic mass is 9.87. The number of rotatable bonds is 12. The van der Waals surface area contributed by atoms with Gasteiger partial charge in [0.2, 0.25) is 0 Å². The van der Waals surface area contributed by atoms with Crippen molar-refractivity contribution in [2.45, 2.75) is 53.6 Å². The van der Waals surface area contributed by atoms with Crippen molar-refractivity contribution in [3.63, 3.8) is 0 Å². The number of ether oxygens (including phenoxy) is 2. The minimum absolute atomic E-state index is 0.310. The van der Waals surface area contributed by atoms with Crippen molar-refractivity contribution in [3.8, 4) is 0 Å². The summed E-state index contributed by atoms with van der Waals surface area (Å²) < 4.78 is 286. The molecule has 0 aliphatic carbocycles. The van der Waals surface area contributed by atoms with E-state index in [4.69, 9.17) is 9.47 Å². The van der Waals surface area contributed by atoms with Gasteiger partial charge in [-0.1, -0.05) is 0 Å². The molecule has 2 heterocycles. The summed E-state index contributed by atoms with van der Waals surface area (Å²) in [6, 6.07) is 0. The Balaban J connectivity index is 2.51. The van der Waals surface area contributed by atoms with E-state index in [9.17, 15) is 88.0 Å². The molecule has 0 aromatic carbocycles. The fourth-order valence-corrected chi connectivity index (χ4v) is 5.96. The van der Waals surface area contributed by atoms with Gasteiger partial charge in [-0.25, -0.2) is 9.34 Å². The molecule has 0 bridgehead atoms. The van der Waals surface area contributed by atoms with Crippen LogP contribution in [0, 0.1) is 0 Å². The zero-order chi connectivity index (χ0) is 34.6. The van der Waals surface area contributed by atoms with Crippen molar-refractivity contribution in [2.75, 3.05) is 59.2 Å². The number of hydrogen-bond acceptors (Lipinski definition) is 4. The summed E-state index contributed by atoms with van der Waals surface area (Å²) in [7, 11) is -5.04. The highest BCUT2D eigenvalue weighted by atomic mass is 31.2. The smallest absolute Gasteiger partial charge is 0.379 e. The molecule has 262 valence electrons. The Morgan fingerprint density at radius 1 is 0.477 bits per heavy atom. The number of halogens is 19. The second-order valence-corrected chi connectivity index (χ2v) is 11.5. The Morgan fingerprint density at radius 3 is 1.05 bits per heavy atom. The molecule has 2 saturated heterocycles. The van der Waals surface area contributed by atoms with Gasteiger partial charge in [-0.3, -0.25) is 9.09 Å². The molecule has 0 unspecified atom stereocenters. The molecule has 0 saturated carbocycles. The van der Waals surface area contributed by atoms with Crippen molar-refractivity contribution in [1.82, 2.24) is 9.34 Å². The molecular formula is C18H18F19N2O4P. The summed E-state index contributed by atoms with van der Waals surface area (Å²) in [5.74, 6) is -67.7. The number of morpholine rings is 2. The van der Waals surface area contributed by atoms with Crippen molar-refractivity contribution in [3.05, 3.63) is 0 Å². The molecule has 6 nitrogen and oxygen atoms in total. The molecule has 0 atom stereocenters. The first kappa shape index (κ1) is 38.9. The maximum atomic E-state index is 14.4. The fourth-order valence-electron chi connectivity index (χ4n) is 3.60. The Hall–Kier alpha value is -1.30. The van der Waals surface area contributed by atoms with Crippen molar-refractivity contribution >= 4 is 7.67 Å². The van der Waals surface area contributed by atoms with E-state index >= 15 is 0 Å². The second-order valence-electron chi connectivity index (χ2n) is 9.12. The van der Waals surface area contributed by atoms with Crippen molar-refractivity contribution in [2.24, 2.45) is 0 Å². The van der Waals surface area contributed by atoms with Gasteiger partial charge in [0, 0.05) is 26.2 Å². The first-order valence-corrected chi connectivity index (χ1v) is 12.9. The number of nitrogens with zero attached hydrogens (tertiary/aromatic N) is 2. The van der Waals surface area contributed by atoms with Gasteiger partial charge in [-0.05, 0) is 0 Å². The van der Waals surface area contributed by atoms with Crippen molar-refractivity contribution < 1.29 is 102 Å². The third-order valence-electron chi connectivity index (χ3n) is 6.29. The maximum absolute atomic E-state index is 14.4. The molecule has 0 N–H and O–H groups in total. The van der Waals surface area contributed by atoms with Crippen LogP contribution in [0.1, 0.15) is 0 Å². The largest absolute Gasteiger partial charge is 0.460 e. The molecule has 2 aliphatic heterocycles. The van der Waals surface area contributed by atoms with Gasteiger partial charge < -0.3 is 9.47 Å². The van der Waals surface area contributed by atoms with Gasteiger partial charge in [-0.15, -0.1) is 0 Å². The zero-order valence-corrected chi connectivity index (χ0v) is 21.9. The van der Waals surface area contributed by atoms with E-state index in [1.54, 1.807) is 0 Å². The fraction of sp³-hybridized carbons (Fsp3) is 1.00. The van der Waals surface area contributed by atoms with Crippen LogP contribution in [0.5, 0.6) is 0 Å². The van der Waals surface area contributed by atoms with Crippen LogP contribution < -0.4 is 0 Å². The number of alkyl halides is 19. The Morgan fingerprint density at radius 2 is 0.750 bits per heavy atom. The van der Waals surface area contributed by atoms with Gasteiger partial charge in [0.1, 0.15) is 6.61 Å². The van der Waals surface area contributed by atoms with Crippen molar-refractivity contribution in [1.29, 1.82) is 0 Å². The summed E-state index contributed by atoms with van der Waals surface area (Å²) in [4.78, 5) is 0. The average molecular weight is 718 g/mol. The van der Waals surface area contributed by atoms with Gasteiger partial charge >= 0.3 is 61.2 Å². The van der Waals surface area contributed by atoms with E-state index in [1.165, 1.54) is 0 Å². The lowest BCUT2D eigenvalue weighted by molar-refractivity contribution is -0.469. The molecule has 2 aliphatic rings. The Labute approximate surface area is 232 Å². The van der Waals surface area contributed by atoms with Gasteiger partial charge in [0.25, 0.3) is 0 Å². The Bertz CT molecular complexity index is 1040. The highest BCUT2D eigenvalue weighted by Crippen LogP contribution is 2.65. The van der Waals surface area contributed by atoms with Crippen LogP contribution in [-0.4, -0.2) is 122 Å². The van der Waals surface area contributed by atoms with Crippen LogP contribution in [0.4, 0.5) is 83.4 Å². The summed E-state index contributed by atoms with van der Waals surface area (Å²) in [6.07, 6.45) is -7.95. The highest BCUT2D eigenvalue weighted by Gasteiger charge is 2.96. The third kappa shape index (κ3) is 5.74. The molecular weight excluding hydrogens is 700 g/mol. The zero-order valence-electron chi connectivity index (χ0n) is 21.0. The van der Waals surface area contributed by atoms with Gasteiger partial charge in [-0.2, -0.15) is 83.4 Å². The van der Waals surface area contributed by atoms with Crippen LogP contribution in [0.2, 0.25) is 0 Å². The minimum atomic E-state index is -9.01. The summed E-state index contributed by atoms with van der Waals surface area (Å²) in [5, 5.41) is 0. The van der Waals surface area contributed by atoms with Crippen LogP contribution in [0.15, 0.2) is 0 Å². The predicted octanol–water partition coefficient (Wildman–Crippen LogP) is 6.42. The summed E-state index contributed by atoms with van der Waals surface area (Å²) in [5.41, 5.74) is 0. The van der Waals surface area contributed by atoms with Crippen LogP contribution in [-0.2, 0) is 18.6 Å². The average Bonchev–Trinajstić information content (AvgIpc) is 2.91. The second kappa shape index (κ2) is 11.7. The quantitative estimate of drug-likeness (QED) is 0.172. The molecule has 2 rings (SSSR count). The molecule has 44 heavy (non-hydrogen) atoms. The SMILES string of the molecule is O=P(OCC(F)(F)C(F)(F)C(F)(F)C(F)(F)C(F)(F)C(F)(F)C(F)(F)C(F)(F)C(F)(F)F)(N1CCOCC1)N1CCOCC1. The monoisotopic (exact) mass is 718 g/mol. The first-order valence-electron chi connectivity index (χ1n) is 11.4. The Kier molecular flexibility index (Phi) is 10.4. The minimum Gasteiger partial charge on any atom is -0.379 e. The van der Waals surface area contributed by atoms with Gasteiger partial charge in [0.05, 0.1) is 26.4 Å². The molecule has 0 aromatic rings. The summed E-state index contributed by atoms with van der Waals surface area (Å²) >= 11 is 0. The van der Waals surface area contributed by atoms with E-state index in [-0.39, 0.29) is 26.4 Å². The van der Waals surface area contributed by atoms with Crippen LogP contribution in [0.25, 0.3) is 0 Å². The predicted molar refractivity (Wildman–Crippen MR) is 104 cm³/mol. The molecule has 26 heteroatoms. The maximum Gasteiger partial charge on any atom is 0.460 e. The lowest BCUT2D eigenvalue weighted by Gasteiger charge is -2.44. The molecule has 2 fully saturated rings. The molecule has 0 aromatic heterocycles. The van der Waals surface area contributed by atoms with E-state index < -0.39 is 94.0 Å². The third-order valence-corrected chi connectivity index (χ3v) is 8.98. The van der Waals surface area contributed by atoms with E-state index in [2.05, 4.69) is 4.52 Å². The van der Waals surface area contributed by atoms with Crippen LogP contribution in [0.3, 0.4) is 0 Å². The lowest BCUT2D eigenvalue weighted by Crippen LogP contribution is -2.76. The summed E-state index contributed by atoms with van der Waals surface area (Å²) in [6.45, 7) is -6.45. The van der Waals surface area contributed by atoms with Gasteiger partial charge in [0.15, 0.2) is 0 Å². The number of hydrogen-bond donors (Lipinski definition) is 0. The standard InChI is InChI=1S/C18H18F19N2O4P/c19-10(20,9-43-44(40,38-1-5-41-6-2-38)39-3-7-42-8-4-39)11(21,22)12(23,24)13(25,26)14(27,28)15(29,30)16(31,32)17(33,34)18(35,36)37/h1-9H2. The normalized spacial score (nSPS) is 20.7. The van der Waals surface area contributed by atoms with E-state index in [0.29, 0.717) is 9.34 Å². The topological polar surface area (TPSA) is 51.2 Å².